The first kappa shape index (κ1) is 13.4. The van der Waals surface area contributed by atoms with Gasteiger partial charge in [-0.3, -0.25) is 4.79 Å². The van der Waals surface area contributed by atoms with Crippen molar-refractivity contribution in [1.29, 1.82) is 0 Å². The number of hydrogen-bond acceptors (Lipinski definition) is 3. The Bertz CT molecular complexity index is 508. The van der Waals surface area contributed by atoms with Gasteiger partial charge in [0.2, 0.25) is 0 Å². The van der Waals surface area contributed by atoms with Gasteiger partial charge in [0.25, 0.3) is 5.91 Å². The molecular formula is C15H20FN3O. The summed E-state index contributed by atoms with van der Waals surface area (Å²) in [6.07, 6.45) is 4.54. The molecule has 0 spiro atoms. The van der Waals surface area contributed by atoms with Crippen LogP contribution in [0.5, 0.6) is 0 Å². The molecule has 0 bridgehead atoms. The molecule has 3 N–H and O–H groups in total. The van der Waals surface area contributed by atoms with Gasteiger partial charge in [0, 0.05) is 25.2 Å². The quantitative estimate of drug-likeness (QED) is 0.828. The Balaban J connectivity index is 1.57. The van der Waals surface area contributed by atoms with E-state index >= 15 is 0 Å². The molecule has 1 aliphatic carbocycles. The van der Waals surface area contributed by atoms with Crippen molar-refractivity contribution in [2.75, 3.05) is 18.8 Å². The summed E-state index contributed by atoms with van der Waals surface area (Å²) >= 11 is 0. The molecule has 1 amide bonds. The van der Waals surface area contributed by atoms with Crippen LogP contribution in [0.15, 0.2) is 18.2 Å². The van der Waals surface area contributed by atoms with E-state index in [0.29, 0.717) is 0 Å². The van der Waals surface area contributed by atoms with Crippen molar-refractivity contribution >= 4 is 11.6 Å². The number of para-hydroxylation sites is 1. The first-order valence-electron chi connectivity index (χ1n) is 7.24. The first-order chi connectivity index (χ1) is 9.65. The summed E-state index contributed by atoms with van der Waals surface area (Å²) in [5, 5.41) is 2.97. The van der Waals surface area contributed by atoms with Gasteiger partial charge in [-0.1, -0.05) is 6.07 Å². The number of nitrogens with zero attached hydrogens (tertiary/aromatic N) is 1. The minimum Gasteiger partial charge on any atom is -0.396 e. The Hall–Kier alpha value is -1.62. The van der Waals surface area contributed by atoms with Crippen LogP contribution in [-0.2, 0) is 0 Å². The highest BCUT2D eigenvalue weighted by Crippen LogP contribution is 2.29. The Morgan fingerprint density at radius 2 is 1.95 bits per heavy atom. The summed E-state index contributed by atoms with van der Waals surface area (Å²) in [5.41, 5.74) is 5.78. The first-order valence-corrected chi connectivity index (χ1v) is 7.24. The van der Waals surface area contributed by atoms with Crippen LogP contribution < -0.4 is 11.1 Å². The van der Waals surface area contributed by atoms with E-state index in [-0.39, 0.29) is 23.2 Å². The maximum atomic E-state index is 13.4. The zero-order chi connectivity index (χ0) is 14.1. The number of nitrogens with one attached hydrogen (secondary N) is 1. The van der Waals surface area contributed by atoms with Gasteiger partial charge in [-0.25, -0.2) is 4.39 Å². The van der Waals surface area contributed by atoms with Crippen LogP contribution >= 0.6 is 0 Å². The zero-order valence-electron chi connectivity index (χ0n) is 11.4. The van der Waals surface area contributed by atoms with E-state index < -0.39 is 5.82 Å². The van der Waals surface area contributed by atoms with Crippen LogP contribution in [0.2, 0.25) is 0 Å². The number of halogens is 1. The summed E-state index contributed by atoms with van der Waals surface area (Å²) in [5.74, 6) is -0.812. The predicted molar refractivity (Wildman–Crippen MR) is 75.9 cm³/mol. The van der Waals surface area contributed by atoms with E-state index in [1.165, 1.54) is 25.0 Å². The van der Waals surface area contributed by atoms with Gasteiger partial charge in [0.15, 0.2) is 0 Å². The van der Waals surface area contributed by atoms with E-state index in [9.17, 15) is 9.18 Å². The van der Waals surface area contributed by atoms with E-state index in [2.05, 4.69) is 10.2 Å². The van der Waals surface area contributed by atoms with Gasteiger partial charge in [0.05, 0.1) is 11.3 Å². The third-order valence-corrected chi connectivity index (χ3v) is 4.23. The monoisotopic (exact) mass is 277 g/mol. The van der Waals surface area contributed by atoms with Crippen LogP contribution in [0.1, 0.15) is 36.0 Å². The molecule has 1 aromatic carbocycles. The number of hydrogen-bond donors (Lipinski definition) is 2. The number of anilines is 1. The van der Waals surface area contributed by atoms with Gasteiger partial charge >= 0.3 is 0 Å². The van der Waals surface area contributed by atoms with E-state index in [4.69, 9.17) is 5.73 Å². The zero-order valence-corrected chi connectivity index (χ0v) is 11.4. The minimum atomic E-state index is -0.541. The van der Waals surface area contributed by atoms with Crippen molar-refractivity contribution in [3.05, 3.63) is 29.6 Å². The fourth-order valence-electron chi connectivity index (χ4n) is 2.85. The maximum Gasteiger partial charge on any atom is 0.253 e. The van der Waals surface area contributed by atoms with Crippen LogP contribution in [0.25, 0.3) is 0 Å². The van der Waals surface area contributed by atoms with Gasteiger partial charge in [-0.2, -0.15) is 0 Å². The maximum absolute atomic E-state index is 13.4. The SMILES string of the molecule is Nc1c(F)cccc1C(=O)NC1CCN(C2CC2)CC1. The Kier molecular flexibility index (Phi) is 3.61. The largest absolute Gasteiger partial charge is 0.396 e. The smallest absolute Gasteiger partial charge is 0.253 e. The summed E-state index contributed by atoms with van der Waals surface area (Å²) in [4.78, 5) is 14.6. The number of rotatable bonds is 3. The van der Waals surface area contributed by atoms with Crippen molar-refractivity contribution in [3.8, 4) is 0 Å². The minimum absolute atomic E-state index is 0.0691. The van der Waals surface area contributed by atoms with Gasteiger partial charge < -0.3 is 16.0 Å². The van der Waals surface area contributed by atoms with Gasteiger partial charge in [-0.15, -0.1) is 0 Å². The highest BCUT2D eigenvalue weighted by Gasteiger charge is 2.32. The highest BCUT2D eigenvalue weighted by atomic mass is 19.1. The molecule has 1 aromatic rings. The summed E-state index contributed by atoms with van der Waals surface area (Å²) in [6.45, 7) is 2.07. The average molecular weight is 277 g/mol. The van der Waals surface area contributed by atoms with Crippen LogP contribution in [0.4, 0.5) is 10.1 Å². The van der Waals surface area contributed by atoms with Crippen LogP contribution in [0, 0.1) is 5.82 Å². The van der Waals surface area contributed by atoms with Crippen molar-refractivity contribution in [1.82, 2.24) is 10.2 Å². The van der Waals surface area contributed by atoms with E-state index in [1.807, 2.05) is 0 Å². The van der Waals surface area contributed by atoms with E-state index in [1.54, 1.807) is 6.07 Å². The molecule has 3 rings (SSSR count). The summed E-state index contributed by atoms with van der Waals surface area (Å²) in [7, 11) is 0. The average Bonchev–Trinajstić information content (AvgIpc) is 3.27. The second-order valence-corrected chi connectivity index (χ2v) is 5.72. The Morgan fingerprint density at radius 3 is 2.60 bits per heavy atom. The second kappa shape index (κ2) is 5.40. The van der Waals surface area contributed by atoms with Gasteiger partial charge in [-0.05, 0) is 37.8 Å². The Morgan fingerprint density at radius 1 is 1.25 bits per heavy atom. The standard InChI is InChI=1S/C15H20FN3O/c16-13-3-1-2-12(14(13)17)15(20)18-10-6-8-19(9-7-10)11-4-5-11/h1-3,10-11H,4-9,17H2,(H,18,20). The molecule has 1 saturated heterocycles. The van der Waals surface area contributed by atoms with Crippen LogP contribution in [-0.4, -0.2) is 36.0 Å². The molecule has 2 fully saturated rings. The number of nitrogens with two attached hydrogens (primary N) is 1. The molecule has 1 saturated carbocycles. The number of amides is 1. The molecule has 0 unspecified atom stereocenters. The van der Waals surface area contributed by atoms with Crippen molar-refractivity contribution in [3.63, 3.8) is 0 Å². The van der Waals surface area contributed by atoms with Crippen molar-refractivity contribution in [2.24, 2.45) is 0 Å². The molecule has 0 radical (unpaired) electrons. The van der Waals surface area contributed by atoms with Crippen molar-refractivity contribution in [2.45, 2.75) is 37.8 Å². The summed E-state index contributed by atoms with van der Waals surface area (Å²) in [6, 6.07) is 5.29. The fourth-order valence-corrected chi connectivity index (χ4v) is 2.85. The molecule has 1 heterocycles. The third-order valence-electron chi connectivity index (χ3n) is 4.23. The number of likely N-dealkylation sites (tertiary alicyclic amines) is 1. The molecule has 20 heavy (non-hydrogen) atoms. The number of nitrogen functional groups attached to an aromatic ring is 1. The molecule has 108 valence electrons. The lowest BCUT2D eigenvalue weighted by atomic mass is 10.0. The molecule has 5 heteroatoms. The van der Waals surface area contributed by atoms with Crippen LogP contribution in [0.3, 0.4) is 0 Å². The molecule has 0 aromatic heterocycles. The number of carbonyl (C=O) groups excluding carboxylic acids is 1. The highest BCUT2D eigenvalue weighted by molar-refractivity contribution is 5.99. The number of benzene rings is 1. The number of carbonyl (C=O) groups is 1. The lowest BCUT2D eigenvalue weighted by molar-refractivity contribution is 0.0909. The third kappa shape index (κ3) is 2.77. The molecule has 2 aliphatic rings. The van der Waals surface area contributed by atoms with Gasteiger partial charge in [0.1, 0.15) is 5.82 Å². The van der Waals surface area contributed by atoms with Crippen molar-refractivity contribution < 1.29 is 9.18 Å². The summed E-state index contributed by atoms with van der Waals surface area (Å²) < 4.78 is 13.4. The fraction of sp³-hybridized carbons (Fsp3) is 0.533. The normalized spacial score (nSPS) is 20.9. The second-order valence-electron chi connectivity index (χ2n) is 5.72. The molecule has 4 nitrogen and oxygen atoms in total. The molecular weight excluding hydrogens is 257 g/mol. The topological polar surface area (TPSA) is 58.4 Å². The predicted octanol–water partition coefficient (Wildman–Crippen LogP) is 1.76. The molecule has 0 atom stereocenters. The molecule has 1 aliphatic heterocycles. The lowest BCUT2D eigenvalue weighted by Crippen LogP contribution is -2.45. The lowest BCUT2D eigenvalue weighted by Gasteiger charge is -2.32. The number of piperidine rings is 1. The van der Waals surface area contributed by atoms with E-state index in [0.717, 1.165) is 32.0 Å². The Labute approximate surface area is 118 Å².